The molecule has 8 heteroatoms. The number of phenolic OH excluding ortho intramolecular Hbond substituents is 1. The molecule has 8 rings (SSSR count). The Balaban J connectivity index is 1.34. The quantitative estimate of drug-likeness (QED) is 0.288. The van der Waals surface area contributed by atoms with Gasteiger partial charge in [0, 0.05) is 48.2 Å². The lowest BCUT2D eigenvalue weighted by Crippen LogP contribution is -2.74. The minimum Gasteiger partial charge on any atom is -0.504 e. The van der Waals surface area contributed by atoms with Crippen molar-refractivity contribution in [1.82, 2.24) is 9.88 Å². The molecule has 6 N–H and O–H groups in total. The highest BCUT2D eigenvalue weighted by Gasteiger charge is 2.72. The van der Waals surface area contributed by atoms with Crippen molar-refractivity contribution in [1.29, 1.82) is 0 Å². The molecule has 1 saturated carbocycles. The topological polar surface area (TPSA) is 119 Å². The Morgan fingerprint density at radius 3 is 2.97 bits per heavy atom. The smallest absolute Gasteiger partial charge is 0.192 e. The molecule has 2 aliphatic heterocycles. The maximum absolute atomic E-state index is 12.9. The molecular weight excluding hydrogens is 454 g/mol. The zero-order chi connectivity index (χ0) is 24.4. The van der Waals surface area contributed by atoms with Gasteiger partial charge >= 0.3 is 0 Å². The number of piperidine rings is 1. The van der Waals surface area contributed by atoms with Crippen molar-refractivity contribution >= 4 is 22.5 Å². The van der Waals surface area contributed by atoms with Crippen LogP contribution in [0.25, 0.3) is 10.9 Å². The monoisotopic (exact) mass is 485 g/mol. The molecule has 1 unspecified atom stereocenters. The Kier molecular flexibility index (Phi) is 3.92. The van der Waals surface area contributed by atoms with Crippen molar-refractivity contribution in [3.63, 3.8) is 0 Å². The van der Waals surface area contributed by atoms with Gasteiger partial charge in [-0.05, 0) is 67.5 Å². The fraction of sp³-hybridized carbons (Fsp3) is 0.464. The molecule has 0 radical (unpaired) electrons. The van der Waals surface area contributed by atoms with Crippen LogP contribution in [0.5, 0.6) is 11.5 Å². The number of likely N-dealkylation sites (tertiary alicyclic amines) is 1. The predicted molar refractivity (Wildman–Crippen MR) is 138 cm³/mol. The molecule has 3 aliphatic carbocycles. The van der Waals surface area contributed by atoms with E-state index >= 15 is 0 Å². The largest absolute Gasteiger partial charge is 0.504 e. The Labute approximate surface area is 209 Å². The minimum atomic E-state index is -0.977. The fourth-order valence-corrected chi connectivity index (χ4v) is 7.91. The molecule has 3 aromatic rings. The third-order valence-corrected chi connectivity index (χ3v) is 9.67. The number of aromatic nitrogens is 1. The number of hydrogen-bond acceptors (Lipinski definition) is 5. The van der Waals surface area contributed by atoms with Crippen molar-refractivity contribution in [3.05, 3.63) is 52.7 Å². The zero-order valence-electron chi connectivity index (χ0n) is 20.3. The molecule has 2 fully saturated rings. The number of nitrogens with one attached hydrogen (secondary N) is 2. The van der Waals surface area contributed by atoms with Crippen molar-refractivity contribution < 1.29 is 14.9 Å². The number of benzene rings is 2. The fourth-order valence-electron chi connectivity index (χ4n) is 7.91. The lowest BCUT2D eigenvalue weighted by atomic mass is 9.49. The van der Waals surface area contributed by atoms with E-state index in [9.17, 15) is 10.2 Å². The Morgan fingerprint density at radius 1 is 1.31 bits per heavy atom. The molecule has 1 aromatic heterocycles. The van der Waals surface area contributed by atoms with E-state index in [0.717, 1.165) is 65.3 Å². The van der Waals surface area contributed by atoms with E-state index in [1.165, 1.54) is 18.4 Å². The second-order valence-electron chi connectivity index (χ2n) is 11.4. The summed E-state index contributed by atoms with van der Waals surface area (Å²) in [5, 5.41) is 27.9. The van der Waals surface area contributed by atoms with Crippen LogP contribution in [-0.2, 0) is 18.3 Å². The zero-order valence-corrected chi connectivity index (χ0v) is 20.3. The number of anilines is 1. The van der Waals surface area contributed by atoms with Gasteiger partial charge in [-0.3, -0.25) is 9.89 Å². The van der Waals surface area contributed by atoms with Crippen LogP contribution >= 0.6 is 0 Å². The highest BCUT2D eigenvalue weighted by Crippen LogP contribution is 2.69. The summed E-state index contributed by atoms with van der Waals surface area (Å²) in [4.78, 5) is 10.2. The van der Waals surface area contributed by atoms with Crippen LogP contribution in [0.15, 0.2) is 35.3 Å². The number of aliphatic hydroxyl groups is 1. The number of rotatable bonds is 3. The van der Waals surface area contributed by atoms with E-state index in [2.05, 4.69) is 26.3 Å². The predicted octanol–water partition coefficient (Wildman–Crippen LogP) is 2.93. The third-order valence-electron chi connectivity index (χ3n) is 9.67. The standard InChI is InChI=1S/C28H31N5O3/c1-30-26(29)31-16-5-6-17-18-12-28(35)21-10-15-4-7-20(34)24-22(15)27(28,8-9-33(21)13-14-2-3-14)25(36-24)23(18)32-19(17)11-16/h4-7,11,14,21,25,32,34-35H,2-3,8-10,12-13H2,1H3,(H3,29,30,31)/t21?,25-,27-,28+/m0/s1. The molecule has 8 nitrogen and oxygen atoms in total. The number of aromatic hydroxyl groups is 1. The molecule has 3 heterocycles. The number of ether oxygens (including phenoxy) is 1. The maximum atomic E-state index is 12.9. The van der Waals surface area contributed by atoms with Crippen molar-refractivity contribution in [2.45, 2.75) is 55.3 Å². The number of aromatic amines is 1. The lowest BCUT2D eigenvalue weighted by Gasteiger charge is -2.62. The SMILES string of the molecule is CN=C(N)Nc1ccc2c3c([nH]c2c1)[C@@H]1Oc2c(O)ccc4c2[C@@]12CCN(CC1CC1)C(C4)[C@]2(O)C3. The number of hydrogen-bond donors (Lipinski definition) is 5. The Hall–Kier alpha value is -3.23. The average Bonchev–Trinajstić information content (AvgIpc) is 3.50. The highest BCUT2D eigenvalue weighted by atomic mass is 16.5. The summed E-state index contributed by atoms with van der Waals surface area (Å²) in [5.74, 6) is 1.84. The highest BCUT2D eigenvalue weighted by molar-refractivity contribution is 5.96. The first-order chi connectivity index (χ1) is 17.4. The number of H-pyrrole nitrogens is 1. The van der Waals surface area contributed by atoms with Crippen LogP contribution < -0.4 is 15.8 Å². The van der Waals surface area contributed by atoms with Crippen molar-refractivity contribution in [3.8, 4) is 11.5 Å². The summed E-state index contributed by atoms with van der Waals surface area (Å²) in [6, 6.07) is 9.96. The molecule has 2 bridgehead atoms. The van der Waals surface area contributed by atoms with Gasteiger partial charge in [0.25, 0.3) is 0 Å². The van der Waals surface area contributed by atoms with E-state index in [1.807, 2.05) is 18.2 Å². The van der Waals surface area contributed by atoms with Gasteiger partial charge in [0.05, 0.1) is 16.7 Å². The van der Waals surface area contributed by atoms with Crippen molar-refractivity contribution in [2.75, 3.05) is 25.5 Å². The van der Waals surface area contributed by atoms with Gasteiger partial charge < -0.3 is 31.0 Å². The van der Waals surface area contributed by atoms with Crippen LogP contribution in [0.4, 0.5) is 5.69 Å². The summed E-state index contributed by atoms with van der Waals surface area (Å²) < 4.78 is 6.66. The van der Waals surface area contributed by atoms with E-state index in [1.54, 1.807) is 13.1 Å². The van der Waals surface area contributed by atoms with E-state index in [0.29, 0.717) is 18.1 Å². The average molecular weight is 486 g/mol. The van der Waals surface area contributed by atoms with Crippen molar-refractivity contribution in [2.24, 2.45) is 16.6 Å². The summed E-state index contributed by atoms with van der Waals surface area (Å²) in [7, 11) is 1.65. The molecule has 2 aromatic carbocycles. The summed E-state index contributed by atoms with van der Waals surface area (Å²) >= 11 is 0. The van der Waals surface area contributed by atoms with Gasteiger partial charge in [-0.25, -0.2) is 0 Å². The summed E-state index contributed by atoms with van der Waals surface area (Å²) in [6.07, 6.45) is 4.38. The second kappa shape index (κ2) is 6.75. The van der Waals surface area contributed by atoms with Crippen LogP contribution in [-0.4, -0.2) is 57.8 Å². The van der Waals surface area contributed by atoms with Gasteiger partial charge in [0.1, 0.15) is 0 Å². The van der Waals surface area contributed by atoms with Crippen LogP contribution in [0.3, 0.4) is 0 Å². The number of nitrogens with zero attached hydrogens (tertiary/aromatic N) is 2. The van der Waals surface area contributed by atoms with E-state index in [-0.39, 0.29) is 17.9 Å². The van der Waals surface area contributed by atoms with E-state index in [4.69, 9.17) is 10.5 Å². The number of guanidine groups is 1. The van der Waals surface area contributed by atoms with Gasteiger partial charge in [0.2, 0.25) is 0 Å². The van der Waals surface area contributed by atoms with E-state index < -0.39 is 11.0 Å². The molecule has 1 spiro atoms. The molecule has 5 aliphatic rings. The molecule has 1 saturated heterocycles. The first-order valence-corrected chi connectivity index (χ1v) is 13.0. The number of phenols is 1. The molecule has 0 amide bonds. The number of nitrogens with two attached hydrogens (primary N) is 1. The lowest BCUT2D eigenvalue weighted by molar-refractivity contribution is -0.173. The first kappa shape index (κ1) is 20.9. The normalized spacial score (nSPS) is 32.2. The molecule has 4 atom stereocenters. The summed E-state index contributed by atoms with van der Waals surface area (Å²) in [5.41, 5.74) is 10.5. The maximum Gasteiger partial charge on any atom is 0.192 e. The Morgan fingerprint density at radius 2 is 2.17 bits per heavy atom. The Bertz CT molecular complexity index is 1480. The van der Waals surface area contributed by atoms with Crippen LogP contribution in [0.2, 0.25) is 0 Å². The number of fused-ring (bicyclic) bond motifs is 4. The third kappa shape index (κ3) is 2.44. The minimum absolute atomic E-state index is 0.0283. The van der Waals surface area contributed by atoms with Gasteiger partial charge in [-0.15, -0.1) is 0 Å². The molecule has 36 heavy (non-hydrogen) atoms. The number of aliphatic imine (C=N–C) groups is 1. The van der Waals surface area contributed by atoms with Crippen LogP contribution in [0, 0.1) is 5.92 Å². The van der Waals surface area contributed by atoms with Gasteiger partial charge in [-0.1, -0.05) is 12.1 Å². The summed E-state index contributed by atoms with van der Waals surface area (Å²) in [6.45, 7) is 2.00. The second-order valence-corrected chi connectivity index (χ2v) is 11.4. The van der Waals surface area contributed by atoms with Gasteiger partial charge in [-0.2, -0.15) is 0 Å². The van der Waals surface area contributed by atoms with Gasteiger partial charge in [0.15, 0.2) is 23.6 Å². The molecule has 186 valence electrons. The first-order valence-electron chi connectivity index (χ1n) is 13.0. The molecular formula is C28H31N5O3. The van der Waals surface area contributed by atoms with Crippen LogP contribution in [0.1, 0.15) is 47.8 Å².